The highest BCUT2D eigenvalue weighted by Gasteiger charge is 2.17. The third kappa shape index (κ3) is 5.22. The van der Waals surface area contributed by atoms with Gasteiger partial charge in [0.15, 0.2) is 0 Å². The van der Waals surface area contributed by atoms with Crippen LogP contribution in [0.4, 0.5) is 5.69 Å². The van der Waals surface area contributed by atoms with Crippen molar-refractivity contribution in [2.45, 2.75) is 44.6 Å². The van der Waals surface area contributed by atoms with E-state index in [0.29, 0.717) is 16.3 Å². The summed E-state index contributed by atoms with van der Waals surface area (Å²) in [6.45, 7) is 5.78. The van der Waals surface area contributed by atoms with Crippen molar-refractivity contribution >= 4 is 33.2 Å². The van der Waals surface area contributed by atoms with Crippen LogP contribution >= 0.6 is 11.6 Å². The van der Waals surface area contributed by atoms with Gasteiger partial charge < -0.3 is 5.32 Å². The van der Waals surface area contributed by atoms with Crippen molar-refractivity contribution in [2.24, 2.45) is 0 Å². The smallest absolute Gasteiger partial charge is 0.261 e. The molecule has 1 amide bonds. The molecule has 0 saturated carbocycles. The molecule has 2 rings (SSSR count). The van der Waals surface area contributed by atoms with Gasteiger partial charge in [0.2, 0.25) is 0 Å². The van der Waals surface area contributed by atoms with E-state index >= 15 is 0 Å². The van der Waals surface area contributed by atoms with Gasteiger partial charge in [0.05, 0.1) is 10.6 Å². The van der Waals surface area contributed by atoms with Gasteiger partial charge in [0.25, 0.3) is 15.9 Å². The lowest BCUT2D eigenvalue weighted by molar-refractivity contribution is 0.0938. The molecular formula is C19H23ClN2O3S. The Balaban J connectivity index is 2.24. The van der Waals surface area contributed by atoms with E-state index in [0.717, 1.165) is 18.4 Å². The Kier molecular flexibility index (Phi) is 6.67. The van der Waals surface area contributed by atoms with E-state index in [2.05, 4.69) is 17.0 Å². The lowest BCUT2D eigenvalue weighted by atomic mass is 10.1. The molecule has 0 fully saturated rings. The molecule has 2 aromatic rings. The maximum Gasteiger partial charge on any atom is 0.261 e. The van der Waals surface area contributed by atoms with Crippen molar-refractivity contribution in [2.75, 3.05) is 4.72 Å². The Morgan fingerprint density at radius 3 is 2.42 bits per heavy atom. The van der Waals surface area contributed by atoms with Gasteiger partial charge in [-0.05, 0) is 62.2 Å². The average molecular weight is 395 g/mol. The lowest BCUT2D eigenvalue weighted by Gasteiger charge is -2.15. The molecule has 0 heterocycles. The van der Waals surface area contributed by atoms with Crippen LogP contribution in [0.5, 0.6) is 0 Å². The van der Waals surface area contributed by atoms with Gasteiger partial charge in [-0.3, -0.25) is 9.52 Å². The highest BCUT2D eigenvalue weighted by atomic mass is 35.5. The zero-order chi connectivity index (χ0) is 19.3. The number of anilines is 1. The second kappa shape index (κ2) is 8.56. The molecule has 1 atom stereocenters. The molecular weight excluding hydrogens is 372 g/mol. The van der Waals surface area contributed by atoms with Crippen molar-refractivity contribution in [3.8, 4) is 0 Å². The molecule has 0 bridgehead atoms. The van der Waals surface area contributed by atoms with Crippen molar-refractivity contribution in [3.63, 3.8) is 0 Å². The van der Waals surface area contributed by atoms with E-state index in [4.69, 9.17) is 11.6 Å². The fourth-order valence-corrected chi connectivity index (χ4v) is 3.75. The highest BCUT2D eigenvalue weighted by molar-refractivity contribution is 7.92. The second-order valence-electron chi connectivity index (χ2n) is 6.25. The third-order valence-corrected chi connectivity index (χ3v) is 5.60. The topological polar surface area (TPSA) is 75.3 Å². The average Bonchev–Trinajstić information content (AvgIpc) is 2.57. The number of hydrogen-bond acceptors (Lipinski definition) is 3. The first-order valence-corrected chi connectivity index (χ1v) is 10.3. The highest BCUT2D eigenvalue weighted by Crippen LogP contribution is 2.22. The van der Waals surface area contributed by atoms with Crippen molar-refractivity contribution in [1.82, 2.24) is 5.32 Å². The summed E-state index contributed by atoms with van der Waals surface area (Å²) in [5.41, 5.74) is 1.50. The summed E-state index contributed by atoms with van der Waals surface area (Å²) in [4.78, 5) is 12.5. The van der Waals surface area contributed by atoms with Crippen LogP contribution in [0.15, 0.2) is 47.4 Å². The minimum absolute atomic E-state index is 0.0583. The van der Waals surface area contributed by atoms with Gasteiger partial charge in [-0.25, -0.2) is 8.42 Å². The van der Waals surface area contributed by atoms with Crippen LogP contribution in [-0.4, -0.2) is 20.4 Å². The van der Waals surface area contributed by atoms with Gasteiger partial charge in [-0.1, -0.05) is 31.0 Å². The van der Waals surface area contributed by atoms with Gasteiger partial charge in [-0.15, -0.1) is 0 Å². The fourth-order valence-electron chi connectivity index (χ4n) is 2.50. The number of amides is 1. The third-order valence-electron chi connectivity index (χ3n) is 3.97. The Labute approximate surface area is 159 Å². The van der Waals surface area contributed by atoms with Crippen molar-refractivity contribution in [1.29, 1.82) is 0 Å². The minimum Gasteiger partial charge on any atom is -0.350 e. The zero-order valence-electron chi connectivity index (χ0n) is 15.0. The van der Waals surface area contributed by atoms with Gasteiger partial charge in [0.1, 0.15) is 0 Å². The molecule has 0 aliphatic carbocycles. The molecule has 0 aliphatic heterocycles. The van der Waals surface area contributed by atoms with E-state index in [1.54, 1.807) is 25.1 Å². The first kappa shape index (κ1) is 20.3. The number of aryl methyl sites for hydroxylation is 1. The molecule has 2 aromatic carbocycles. The molecule has 2 N–H and O–H groups in total. The molecule has 5 nitrogen and oxygen atoms in total. The number of benzene rings is 2. The summed E-state index contributed by atoms with van der Waals surface area (Å²) in [5.74, 6) is -0.224. The quantitative estimate of drug-likeness (QED) is 0.732. The summed E-state index contributed by atoms with van der Waals surface area (Å²) in [5, 5.41) is 3.37. The predicted molar refractivity (Wildman–Crippen MR) is 105 cm³/mol. The summed E-state index contributed by atoms with van der Waals surface area (Å²) >= 11 is 5.81. The Bertz CT molecular complexity index is 880. The predicted octanol–water partition coefficient (Wildman–Crippen LogP) is 4.37. The molecule has 0 aliphatic rings. The first-order chi connectivity index (χ1) is 12.2. The maximum absolute atomic E-state index is 12.6. The minimum atomic E-state index is -3.77. The Hall–Kier alpha value is -2.05. The van der Waals surface area contributed by atoms with E-state index in [1.165, 1.54) is 24.3 Å². The van der Waals surface area contributed by atoms with E-state index in [-0.39, 0.29) is 16.8 Å². The maximum atomic E-state index is 12.6. The Morgan fingerprint density at radius 1 is 1.15 bits per heavy atom. The van der Waals surface area contributed by atoms with E-state index in [9.17, 15) is 13.2 Å². The van der Waals surface area contributed by atoms with Crippen LogP contribution < -0.4 is 10.0 Å². The number of rotatable bonds is 7. The zero-order valence-corrected chi connectivity index (χ0v) is 16.6. The van der Waals surface area contributed by atoms with E-state index < -0.39 is 10.0 Å². The van der Waals surface area contributed by atoms with Crippen LogP contribution in [-0.2, 0) is 10.0 Å². The van der Waals surface area contributed by atoms with Crippen LogP contribution in [0.25, 0.3) is 0 Å². The summed E-state index contributed by atoms with van der Waals surface area (Å²) in [7, 11) is -3.77. The number of nitrogens with one attached hydrogen (secondary N) is 2. The molecule has 140 valence electrons. The first-order valence-electron chi connectivity index (χ1n) is 8.43. The van der Waals surface area contributed by atoms with Crippen LogP contribution in [0.1, 0.15) is 42.6 Å². The number of carbonyl (C=O) groups is 1. The normalized spacial score (nSPS) is 12.5. The molecule has 0 radical (unpaired) electrons. The van der Waals surface area contributed by atoms with Crippen LogP contribution in [0.2, 0.25) is 5.02 Å². The largest absolute Gasteiger partial charge is 0.350 e. The number of sulfonamides is 1. The number of carbonyl (C=O) groups excluding carboxylic acids is 1. The van der Waals surface area contributed by atoms with Crippen molar-refractivity contribution < 1.29 is 13.2 Å². The number of halogens is 1. The summed E-state index contributed by atoms with van der Waals surface area (Å²) in [6, 6.07) is 10.9. The summed E-state index contributed by atoms with van der Waals surface area (Å²) in [6.07, 6.45) is 1.86. The van der Waals surface area contributed by atoms with Crippen LogP contribution in [0.3, 0.4) is 0 Å². The molecule has 0 saturated heterocycles. The molecule has 0 unspecified atom stereocenters. The number of hydrogen-bond donors (Lipinski definition) is 2. The fraction of sp³-hybridized carbons (Fsp3) is 0.316. The van der Waals surface area contributed by atoms with Crippen LogP contribution in [0, 0.1) is 6.92 Å². The summed E-state index contributed by atoms with van der Waals surface area (Å²) < 4.78 is 27.7. The lowest BCUT2D eigenvalue weighted by Crippen LogP contribution is -2.32. The molecule has 0 aromatic heterocycles. The monoisotopic (exact) mass is 394 g/mol. The molecule has 7 heteroatoms. The molecule has 26 heavy (non-hydrogen) atoms. The standard InChI is InChI=1S/C19H23ClN2O3S/c1-4-5-14(3)21-19(23)15-7-6-13(2)18(12-15)22-26(24,25)17-10-8-16(20)9-11-17/h6-12,14,22H,4-5H2,1-3H3,(H,21,23)/t14-/m1/s1. The van der Waals surface area contributed by atoms with Crippen molar-refractivity contribution in [3.05, 3.63) is 58.6 Å². The van der Waals surface area contributed by atoms with E-state index in [1.807, 2.05) is 6.92 Å². The van der Waals surface area contributed by atoms with Gasteiger partial charge in [0, 0.05) is 16.6 Å². The Morgan fingerprint density at radius 2 is 1.81 bits per heavy atom. The SMILES string of the molecule is CCC[C@@H](C)NC(=O)c1ccc(C)c(NS(=O)(=O)c2ccc(Cl)cc2)c1. The van der Waals surface area contributed by atoms with Gasteiger partial charge >= 0.3 is 0 Å². The van der Waals surface area contributed by atoms with Gasteiger partial charge in [-0.2, -0.15) is 0 Å². The molecule has 0 spiro atoms. The second-order valence-corrected chi connectivity index (χ2v) is 8.37.